The van der Waals surface area contributed by atoms with Gasteiger partial charge in [0, 0.05) is 11.8 Å². The van der Waals surface area contributed by atoms with Crippen LogP contribution in [0.15, 0.2) is 36.5 Å². The van der Waals surface area contributed by atoms with Crippen LogP contribution >= 0.6 is 0 Å². The third-order valence-corrected chi connectivity index (χ3v) is 2.65. The lowest BCUT2D eigenvalue weighted by molar-refractivity contribution is 0.101. The van der Waals surface area contributed by atoms with E-state index in [2.05, 4.69) is 4.98 Å². The van der Waals surface area contributed by atoms with Gasteiger partial charge in [-0.1, -0.05) is 6.07 Å². The summed E-state index contributed by atoms with van der Waals surface area (Å²) in [6.07, 6.45) is 1.63. The van der Waals surface area contributed by atoms with E-state index in [-0.39, 0.29) is 11.5 Å². The number of aromatic hydroxyl groups is 1. The molecule has 0 aliphatic carbocycles. The Bertz CT molecular complexity index is 593. The van der Waals surface area contributed by atoms with E-state index in [1.807, 2.05) is 6.07 Å². The predicted octanol–water partition coefficient (Wildman–Crippen LogP) is 2.67. The monoisotopic (exact) mass is 243 g/mol. The fourth-order valence-corrected chi connectivity index (χ4v) is 1.76. The Morgan fingerprint density at radius 3 is 2.78 bits per heavy atom. The number of rotatable bonds is 3. The second-order valence-corrected chi connectivity index (χ2v) is 3.85. The van der Waals surface area contributed by atoms with Gasteiger partial charge in [-0.2, -0.15) is 0 Å². The first-order valence-electron chi connectivity index (χ1n) is 5.47. The Morgan fingerprint density at radius 2 is 2.11 bits per heavy atom. The van der Waals surface area contributed by atoms with Crippen LogP contribution < -0.4 is 4.74 Å². The van der Waals surface area contributed by atoms with E-state index in [0.717, 1.165) is 11.1 Å². The van der Waals surface area contributed by atoms with Gasteiger partial charge in [-0.15, -0.1) is 0 Å². The number of nitrogens with zero attached hydrogens (tertiary/aromatic N) is 1. The number of methoxy groups -OCH3 is 1. The van der Waals surface area contributed by atoms with Gasteiger partial charge < -0.3 is 9.84 Å². The zero-order chi connectivity index (χ0) is 13.1. The molecule has 0 saturated heterocycles. The third kappa shape index (κ3) is 2.18. The van der Waals surface area contributed by atoms with Crippen molar-refractivity contribution >= 4 is 5.78 Å². The maximum absolute atomic E-state index is 11.4. The summed E-state index contributed by atoms with van der Waals surface area (Å²) in [6, 6.07) is 8.50. The molecule has 0 amide bonds. The van der Waals surface area contributed by atoms with Crippen molar-refractivity contribution < 1.29 is 14.6 Å². The Balaban J connectivity index is 2.58. The van der Waals surface area contributed by atoms with Crippen LogP contribution in [0.1, 0.15) is 17.3 Å². The van der Waals surface area contributed by atoms with Crippen LogP contribution in [0.3, 0.4) is 0 Å². The maximum Gasteiger partial charge on any atom is 0.221 e. The van der Waals surface area contributed by atoms with Gasteiger partial charge in [-0.05, 0) is 36.8 Å². The molecule has 0 aliphatic heterocycles. The molecular weight excluding hydrogens is 230 g/mol. The van der Waals surface area contributed by atoms with Crippen LogP contribution in [0.4, 0.5) is 0 Å². The van der Waals surface area contributed by atoms with Gasteiger partial charge in [-0.3, -0.25) is 4.79 Å². The number of ketones is 1. The number of benzene rings is 1. The topological polar surface area (TPSA) is 59.4 Å². The maximum atomic E-state index is 11.4. The van der Waals surface area contributed by atoms with Gasteiger partial charge in [0.25, 0.3) is 0 Å². The summed E-state index contributed by atoms with van der Waals surface area (Å²) in [5.41, 5.74) is 1.85. The highest BCUT2D eigenvalue weighted by Crippen LogP contribution is 2.31. The molecule has 2 aromatic rings. The first kappa shape index (κ1) is 12.1. The smallest absolute Gasteiger partial charge is 0.221 e. The second-order valence-electron chi connectivity index (χ2n) is 3.85. The predicted molar refractivity (Wildman–Crippen MR) is 67.9 cm³/mol. The summed E-state index contributed by atoms with van der Waals surface area (Å²) >= 11 is 0. The van der Waals surface area contributed by atoms with E-state index in [1.54, 1.807) is 24.4 Å². The molecule has 92 valence electrons. The molecule has 0 atom stereocenters. The lowest BCUT2D eigenvalue weighted by Crippen LogP contribution is -1.95. The van der Waals surface area contributed by atoms with Crippen LogP contribution in [-0.4, -0.2) is 23.0 Å². The van der Waals surface area contributed by atoms with Gasteiger partial charge in [-0.25, -0.2) is 4.98 Å². The molecular formula is C14H13NO3. The van der Waals surface area contributed by atoms with Crippen molar-refractivity contribution in [1.29, 1.82) is 0 Å². The number of carbonyl (C=O) groups excluding carboxylic acids is 1. The largest absolute Gasteiger partial charge is 0.507 e. The number of hydrogen-bond donors (Lipinski definition) is 1. The minimum absolute atomic E-state index is 0.0193. The summed E-state index contributed by atoms with van der Waals surface area (Å²) in [7, 11) is 1.54. The Labute approximate surface area is 105 Å². The highest BCUT2D eigenvalue weighted by Gasteiger charge is 2.11. The molecule has 2 rings (SSSR count). The van der Waals surface area contributed by atoms with Crippen molar-refractivity contribution in [1.82, 2.24) is 4.98 Å². The van der Waals surface area contributed by atoms with E-state index in [9.17, 15) is 9.90 Å². The van der Waals surface area contributed by atoms with E-state index in [0.29, 0.717) is 11.4 Å². The van der Waals surface area contributed by atoms with Crippen molar-refractivity contribution in [2.45, 2.75) is 6.92 Å². The molecule has 0 radical (unpaired) electrons. The Morgan fingerprint density at radius 1 is 1.33 bits per heavy atom. The van der Waals surface area contributed by atoms with Gasteiger partial charge in [0.05, 0.1) is 12.7 Å². The molecule has 18 heavy (non-hydrogen) atoms. The van der Waals surface area contributed by atoms with Crippen molar-refractivity contribution in [3.63, 3.8) is 0 Å². The average Bonchev–Trinajstić information content (AvgIpc) is 2.39. The first-order valence-corrected chi connectivity index (χ1v) is 5.47. The van der Waals surface area contributed by atoms with Gasteiger partial charge >= 0.3 is 0 Å². The molecule has 4 heteroatoms. The van der Waals surface area contributed by atoms with Crippen molar-refractivity contribution in [2.75, 3.05) is 7.11 Å². The molecule has 0 aliphatic rings. The second kappa shape index (κ2) is 4.87. The van der Waals surface area contributed by atoms with Gasteiger partial charge in [0.15, 0.2) is 5.78 Å². The molecule has 1 aromatic heterocycles. The van der Waals surface area contributed by atoms with Crippen LogP contribution in [0, 0.1) is 0 Å². The SMILES string of the molecule is COc1ncccc1-c1ccc(O)c(C(C)=O)c1. The third-order valence-electron chi connectivity index (χ3n) is 2.65. The number of carbonyl (C=O) groups is 1. The summed E-state index contributed by atoms with van der Waals surface area (Å²) < 4.78 is 5.17. The van der Waals surface area contributed by atoms with Crippen molar-refractivity contribution in [3.8, 4) is 22.8 Å². The van der Waals surface area contributed by atoms with E-state index in [4.69, 9.17) is 4.74 Å². The molecule has 0 fully saturated rings. The lowest BCUT2D eigenvalue weighted by Gasteiger charge is -2.08. The minimum Gasteiger partial charge on any atom is -0.507 e. The molecule has 1 N–H and O–H groups in total. The van der Waals surface area contributed by atoms with Crippen LogP contribution in [0.25, 0.3) is 11.1 Å². The zero-order valence-corrected chi connectivity index (χ0v) is 10.2. The molecule has 1 heterocycles. The van der Waals surface area contributed by atoms with Crippen LogP contribution in [0.5, 0.6) is 11.6 Å². The van der Waals surface area contributed by atoms with E-state index < -0.39 is 0 Å². The fourth-order valence-electron chi connectivity index (χ4n) is 1.76. The standard InChI is InChI=1S/C14H13NO3/c1-9(16)12-8-10(5-6-13(12)17)11-4-3-7-15-14(11)18-2/h3-8,17H,1-2H3. The van der Waals surface area contributed by atoms with Gasteiger partial charge in [0.1, 0.15) is 5.75 Å². The van der Waals surface area contributed by atoms with E-state index >= 15 is 0 Å². The molecule has 0 bridgehead atoms. The Hall–Kier alpha value is -2.36. The normalized spacial score (nSPS) is 10.1. The van der Waals surface area contributed by atoms with Crippen molar-refractivity contribution in [2.24, 2.45) is 0 Å². The lowest BCUT2D eigenvalue weighted by atomic mass is 10.0. The number of ether oxygens (including phenoxy) is 1. The number of pyridine rings is 1. The number of hydrogen-bond acceptors (Lipinski definition) is 4. The summed E-state index contributed by atoms with van der Waals surface area (Å²) in [5, 5.41) is 9.61. The number of phenolic OH excluding ortho intramolecular Hbond substituents is 1. The number of phenols is 1. The average molecular weight is 243 g/mol. The fraction of sp³-hybridized carbons (Fsp3) is 0.143. The quantitative estimate of drug-likeness (QED) is 0.842. The molecule has 0 spiro atoms. The zero-order valence-electron chi connectivity index (χ0n) is 10.2. The number of Topliss-reactive ketones (excluding diaryl/α,β-unsaturated/α-hetero) is 1. The Kier molecular flexibility index (Phi) is 3.28. The van der Waals surface area contributed by atoms with Crippen molar-refractivity contribution in [3.05, 3.63) is 42.1 Å². The summed E-state index contributed by atoms with van der Waals surface area (Å²) in [5.74, 6) is 0.281. The van der Waals surface area contributed by atoms with Crippen LogP contribution in [-0.2, 0) is 0 Å². The summed E-state index contributed by atoms with van der Waals surface area (Å²) in [4.78, 5) is 15.5. The molecule has 1 aromatic carbocycles. The highest BCUT2D eigenvalue weighted by atomic mass is 16.5. The van der Waals surface area contributed by atoms with Crippen LogP contribution in [0.2, 0.25) is 0 Å². The molecule has 0 saturated carbocycles. The number of aromatic nitrogens is 1. The first-order chi connectivity index (χ1) is 8.63. The minimum atomic E-state index is -0.183. The molecule has 4 nitrogen and oxygen atoms in total. The highest BCUT2D eigenvalue weighted by molar-refractivity contribution is 5.98. The van der Waals surface area contributed by atoms with Gasteiger partial charge in [0.2, 0.25) is 5.88 Å². The summed E-state index contributed by atoms with van der Waals surface area (Å²) in [6.45, 7) is 1.42. The van der Waals surface area contributed by atoms with E-state index in [1.165, 1.54) is 20.1 Å². The molecule has 0 unspecified atom stereocenters.